The minimum Gasteiger partial charge on any atom is -0.244 e. The Hall–Kier alpha value is -2.28. The van der Waals surface area contributed by atoms with Crippen molar-refractivity contribution in [1.29, 1.82) is 0 Å². The first-order valence-corrected chi connectivity index (χ1v) is 6.47. The molecule has 0 bridgehead atoms. The first-order valence-electron chi connectivity index (χ1n) is 6.09. The van der Waals surface area contributed by atoms with Crippen LogP contribution in [0.25, 0.3) is 5.65 Å². The smallest absolute Gasteiger partial charge is 0.244 e. The summed E-state index contributed by atoms with van der Waals surface area (Å²) in [4.78, 5) is 15.6. The third kappa shape index (κ3) is 2.52. The molecule has 0 aromatic carbocycles. The van der Waals surface area contributed by atoms with Crippen molar-refractivity contribution in [3.63, 3.8) is 0 Å². The molecule has 3 rings (SSSR count). The summed E-state index contributed by atoms with van der Waals surface area (Å²) >= 11 is 5.72. The molecule has 0 fully saturated rings. The van der Waals surface area contributed by atoms with Gasteiger partial charge in [0.2, 0.25) is 0 Å². The second kappa shape index (κ2) is 5.25. The number of nitrogens with zero attached hydrogens (tertiary/aromatic N) is 3. The van der Waals surface area contributed by atoms with Crippen LogP contribution in [-0.2, 0) is 6.42 Å². The molecule has 0 saturated carbocycles. The van der Waals surface area contributed by atoms with Crippen molar-refractivity contribution >= 4 is 17.2 Å². The van der Waals surface area contributed by atoms with Crippen LogP contribution in [0.4, 0.5) is 8.78 Å². The SMILES string of the molecule is O=c1[nH][n+]2c(Cc3ccc(Cl)nc3)cccc2n1C(F)F. The molecule has 8 heteroatoms. The summed E-state index contributed by atoms with van der Waals surface area (Å²) in [6.45, 7) is -2.90. The molecule has 108 valence electrons. The standard InChI is InChI=1S/C13H9ClF2N4O/c14-10-5-4-8(7-17-10)6-9-2-1-3-11-19(12(15)16)13(21)18-20(9)11/h1-5,7,12H,6H2/p+1. The number of alkyl halides is 2. The lowest BCUT2D eigenvalue weighted by Crippen LogP contribution is -2.31. The van der Waals surface area contributed by atoms with E-state index in [1.807, 2.05) is 0 Å². The van der Waals surface area contributed by atoms with Gasteiger partial charge in [0, 0.05) is 18.7 Å². The summed E-state index contributed by atoms with van der Waals surface area (Å²) in [5.74, 6) is 0. The van der Waals surface area contributed by atoms with Gasteiger partial charge in [0.1, 0.15) is 10.8 Å². The van der Waals surface area contributed by atoms with Crippen LogP contribution in [0.3, 0.4) is 0 Å². The number of aromatic nitrogens is 4. The molecular formula is C13H10ClF2N4O+. The zero-order valence-corrected chi connectivity index (χ0v) is 11.4. The molecule has 21 heavy (non-hydrogen) atoms. The molecule has 3 heterocycles. The van der Waals surface area contributed by atoms with Crippen LogP contribution >= 0.6 is 11.6 Å². The minimum atomic E-state index is -2.90. The van der Waals surface area contributed by atoms with Gasteiger partial charge in [-0.3, -0.25) is 0 Å². The van der Waals surface area contributed by atoms with Crippen LogP contribution in [0.1, 0.15) is 17.8 Å². The summed E-state index contributed by atoms with van der Waals surface area (Å²) in [5.41, 5.74) is 0.763. The van der Waals surface area contributed by atoms with E-state index in [1.165, 1.54) is 10.6 Å². The lowest BCUT2D eigenvalue weighted by atomic mass is 10.1. The largest absolute Gasteiger partial charge is 0.449 e. The molecule has 0 atom stereocenters. The maximum atomic E-state index is 12.9. The van der Waals surface area contributed by atoms with Gasteiger partial charge in [-0.25, -0.2) is 9.78 Å². The van der Waals surface area contributed by atoms with Crippen molar-refractivity contribution in [2.75, 3.05) is 0 Å². The molecule has 0 aliphatic heterocycles. The number of rotatable bonds is 3. The highest BCUT2D eigenvalue weighted by Crippen LogP contribution is 2.12. The van der Waals surface area contributed by atoms with Gasteiger partial charge in [0.05, 0.1) is 0 Å². The lowest BCUT2D eigenvalue weighted by Gasteiger charge is -2.00. The van der Waals surface area contributed by atoms with Crippen LogP contribution in [0.5, 0.6) is 0 Å². The fourth-order valence-electron chi connectivity index (χ4n) is 2.16. The minimum absolute atomic E-state index is 0.106. The number of hydrogen-bond donors (Lipinski definition) is 1. The second-order valence-electron chi connectivity index (χ2n) is 4.44. The van der Waals surface area contributed by atoms with E-state index in [-0.39, 0.29) is 5.65 Å². The third-order valence-electron chi connectivity index (χ3n) is 3.09. The van der Waals surface area contributed by atoms with Gasteiger partial charge in [-0.05, 0) is 17.7 Å². The number of aromatic amines is 1. The van der Waals surface area contributed by atoms with E-state index in [0.29, 0.717) is 21.8 Å². The fourth-order valence-corrected chi connectivity index (χ4v) is 2.27. The highest BCUT2D eigenvalue weighted by Gasteiger charge is 2.24. The first kappa shape index (κ1) is 13.7. The number of fused-ring (bicyclic) bond motifs is 1. The number of halogens is 3. The average molecular weight is 312 g/mol. The van der Waals surface area contributed by atoms with Gasteiger partial charge in [-0.1, -0.05) is 23.7 Å². The van der Waals surface area contributed by atoms with Gasteiger partial charge >= 0.3 is 17.9 Å². The Morgan fingerprint density at radius 1 is 1.33 bits per heavy atom. The third-order valence-corrected chi connectivity index (χ3v) is 3.32. The van der Waals surface area contributed by atoms with Gasteiger partial charge in [0.25, 0.3) is 0 Å². The van der Waals surface area contributed by atoms with Crippen molar-refractivity contribution in [1.82, 2.24) is 14.6 Å². The van der Waals surface area contributed by atoms with Crippen molar-refractivity contribution < 1.29 is 13.3 Å². The summed E-state index contributed by atoms with van der Waals surface area (Å²) in [6.07, 6.45) is 2.03. The van der Waals surface area contributed by atoms with Crippen LogP contribution < -0.4 is 10.2 Å². The molecule has 0 saturated heterocycles. The summed E-state index contributed by atoms with van der Waals surface area (Å²) in [6, 6.07) is 8.26. The normalized spacial score (nSPS) is 11.4. The van der Waals surface area contributed by atoms with E-state index >= 15 is 0 Å². The van der Waals surface area contributed by atoms with E-state index in [1.54, 1.807) is 30.5 Å². The van der Waals surface area contributed by atoms with E-state index in [0.717, 1.165) is 5.56 Å². The van der Waals surface area contributed by atoms with Crippen molar-refractivity contribution in [3.05, 3.63) is 63.4 Å². The fraction of sp³-hybridized carbons (Fsp3) is 0.154. The topological polar surface area (TPSA) is 54.8 Å². The highest BCUT2D eigenvalue weighted by molar-refractivity contribution is 6.29. The number of hydrogen-bond acceptors (Lipinski definition) is 2. The first-order chi connectivity index (χ1) is 10.1. The molecule has 0 unspecified atom stereocenters. The predicted octanol–water partition coefficient (Wildman–Crippen LogP) is 1.95. The van der Waals surface area contributed by atoms with Gasteiger partial charge in [0.15, 0.2) is 0 Å². The molecule has 0 aliphatic rings. The molecule has 1 N–H and O–H groups in total. The molecule has 0 radical (unpaired) electrons. The summed E-state index contributed by atoms with van der Waals surface area (Å²) < 4.78 is 27.6. The van der Waals surface area contributed by atoms with E-state index in [9.17, 15) is 13.6 Å². The Kier molecular flexibility index (Phi) is 3.42. The van der Waals surface area contributed by atoms with E-state index in [2.05, 4.69) is 10.1 Å². The van der Waals surface area contributed by atoms with Gasteiger partial charge < -0.3 is 0 Å². The second-order valence-corrected chi connectivity index (χ2v) is 4.83. The van der Waals surface area contributed by atoms with Crippen LogP contribution in [0.2, 0.25) is 5.15 Å². The maximum Gasteiger partial charge on any atom is 0.449 e. The van der Waals surface area contributed by atoms with Crippen molar-refractivity contribution in [3.8, 4) is 0 Å². The molecular weight excluding hydrogens is 302 g/mol. The monoisotopic (exact) mass is 311 g/mol. The Morgan fingerprint density at radius 3 is 2.81 bits per heavy atom. The zero-order chi connectivity index (χ0) is 15.0. The number of pyridine rings is 2. The zero-order valence-electron chi connectivity index (χ0n) is 10.6. The Balaban J connectivity index is 2.09. The van der Waals surface area contributed by atoms with E-state index in [4.69, 9.17) is 11.6 Å². The lowest BCUT2D eigenvalue weighted by molar-refractivity contribution is -0.587. The van der Waals surface area contributed by atoms with Crippen LogP contribution in [0, 0.1) is 0 Å². The maximum absolute atomic E-state index is 12.9. The highest BCUT2D eigenvalue weighted by atomic mass is 35.5. The van der Waals surface area contributed by atoms with Crippen LogP contribution in [0.15, 0.2) is 41.3 Å². The Morgan fingerprint density at radius 2 is 2.14 bits per heavy atom. The van der Waals surface area contributed by atoms with E-state index < -0.39 is 12.2 Å². The Labute approximate surface area is 122 Å². The number of nitrogens with one attached hydrogen (secondary N) is 1. The molecule has 5 nitrogen and oxygen atoms in total. The quantitative estimate of drug-likeness (QED) is 0.594. The average Bonchev–Trinajstić information content (AvgIpc) is 2.78. The van der Waals surface area contributed by atoms with Crippen molar-refractivity contribution in [2.45, 2.75) is 13.0 Å². The molecule has 3 aromatic heterocycles. The predicted molar refractivity (Wildman–Crippen MR) is 71.5 cm³/mol. The molecule has 0 aliphatic carbocycles. The number of H-pyrrole nitrogens is 1. The summed E-state index contributed by atoms with van der Waals surface area (Å²) in [5, 5.41) is 2.78. The summed E-state index contributed by atoms with van der Waals surface area (Å²) in [7, 11) is 0. The molecule has 0 amide bonds. The van der Waals surface area contributed by atoms with Gasteiger partial charge in [-0.15, -0.1) is 14.2 Å². The van der Waals surface area contributed by atoms with Crippen LogP contribution in [-0.4, -0.2) is 14.6 Å². The molecule has 3 aromatic rings. The molecule has 0 spiro atoms. The Bertz CT molecular complexity index is 841. The van der Waals surface area contributed by atoms with Crippen molar-refractivity contribution in [2.24, 2.45) is 0 Å². The van der Waals surface area contributed by atoms with Gasteiger partial charge in [-0.2, -0.15) is 8.78 Å².